The van der Waals surface area contributed by atoms with Crippen LogP contribution in [-0.2, 0) is 20.7 Å². The van der Waals surface area contributed by atoms with E-state index in [1.807, 2.05) is 20.8 Å². The predicted octanol–water partition coefficient (Wildman–Crippen LogP) is 2.48. The van der Waals surface area contributed by atoms with Crippen molar-refractivity contribution in [2.45, 2.75) is 48.1 Å². The second kappa shape index (κ2) is 7.69. The molecule has 0 radical (unpaired) electrons. The molecule has 23 heavy (non-hydrogen) atoms. The zero-order valence-corrected chi connectivity index (χ0v) is 18.2. The molecular weight excluding hydrogens is 397 g/mol. The van der Waals surface area contributed by atoms with E-state index in [0.29, 0.717) is 6.42 Å². The van der Waals surface area contributed by atoms with Crippen LogP contribution in [0.5, 0.6) is 0 Å². The average Bonchev–Trinajstić information content (AvgIpc) is 2.44. The quantitative estimate of drug-likeness (QED) is 0.582. The monoisotopic (exact) mass is 427 g/mol. The Balaban J connectivity index is 2.90. The summed E-state index contributed by atoms with van der Waals surface area (Å²) in [6, 6.07) is 7.76. The molecule has 1 amide bonds. The summed E-state index contributed by atoms with van der Waals surface area (Å²) in [6.07, 6.45) is 0.439. The van der Waals surface area contributed by atoms with Gasteiger partial charge in [-0.3, -0.25) is 0 Å². The van der Waals surface area contributed by atoms with E-state index in [4.69, 9.17) is 4.74 Å². The van der Waals surface area contributed by atoms with Crippen molar-refractivity contribution in [3.8, 4) is 0 Å². The van der Waals surface area contributed by atoms with E-state index in [1.54, 1.807) is 0 Å². The Morgan fingerprint density at radius 3 is 2.04 bits per heavy atom. The number of hydrogen-bond donors (Lipinski definition) is 1. The Morgan fingerprint density at radius 1 is 1.13 bits per heavy atom. The Hall–Kier alpha value is -1.04. The van der Waals surface area contributed by atoms with Gasteiger partial charge in [0, 0.05) is 0 Å². The van der Waals surface area contributed by atoms with Gasteiger partial charge in [-0.15, -0.1) is 0 Å². The summed E-state index contributed by atoms with van der Waals surface area (Å²) < 4.78 is 6.27. The Bertz CT molecular complexity index is 553. The van der Waals surface area contributed by atoms with E-state index in [9.17, 15) is 9.59 Å². The van der Waals surface area contributed by atoms with Gasteiger partial charge in [-0.05, 0) is 0 Å². The normalized spacial score (nSPS) is 13.3. The molecule has 0 aromatic heterocycles. The maximum atomic E-state index is 12.2. The van der Waals surface area contributed by atoms with Gasteiger partial charge in [-0.2, -0.15) is 0 Å². The topological polar surface area (TPSA) is 55.4 Å². The molecule has 0 aliphatic heterocycles. The molecule has 0 spiro atoms. The third-order valence-corrected chi connectivity index (χ3v) is 9.63. The van der Waals surface area contributed by atoms with Gasteiger partial charge in [-0.1, -0.05) is 0 Å². The number of ether oxygens (including phenoxy) is 1. The fourth-order valence-electron chi connectivity index (χ4n) is 2.09. The SMILES string of the molecule is COC(=O)[C@H](Cc1cc[c]([Sn]([CH3])([CH3])[CH3])cc1)NC(=O)C(C)(C)C. The first-order valence-corrected chi connectivity index (χ1v) is 17.9. The van der Waals surface area contributed by atoms with Crippen LogP contribution < -0.4 is 8.90 Å². The van der Waals surface area contributed by atoms with Gasteiger partial charge in [0.25, 0.3) is 0 Å². The number of nitrogens with one attached hydrogen (secondary N) is 1. The van der Waals surface area contributed by atoms with Crippen LogP contribution in [0.3, 0.4) is 0 Å². The van der Waals surface area contributed by atoms with Gasteiger partial charge in [0.05, 0.1) is 0 Å². The number of amides is 1. The molecule has 0 aliphatic carbocycles. The van der Waals surface area contributed by atoms with Crippen molar-refractivity contribution >= 4 is 33.8 Å². The van der Waals surface area contributed by atoms with Crippen molar-refractivity contribution in [3.63, 3.8) is 0 Å². The molecule has 0 saturated carbocycles. The Labute approximate surface area is 143 Å². The van der Waals surface area contributed by atoms with Crippen molar-refractivity contribution in [2.75, 3.05) is 7.11 Å². The van der Waals surface area contributed by atoms with Gasteiger partial charge < -0.3 is 0 Å². The van der Waals surface area contributed by atoms with E-state index >= 15 is 0 Å². The number of benzene rings is 1. The van der Waals surface area contributed by atoms with E-state index < -0.39 is 35.8 Å². The Kier molecular flexibility index (Phi) is 6.68. The first kappa shape index (κ1) is 20.0. The molecule has 1 rings (SSSR count). The number of methoxy groups -OCH3 is 1. The molecule has 1 aromatic carbocycles. The zero-order valence-electron chi connectivity index (χ0n) is 15.3. The predicted molar refractivity (Wildman–Crippen MR) is 96.5 cm³/mol. The fraction of sp³-hybridized carbons (Fsp3) is 0.556. The summed E-state index contributed by atoms with van der Waals surface area (Å²) in [7, 11) is 1.34. The summed E-state index contributed by atoms with van der Waals surface area (Å²) in [5, 5.41) is 2.80. The van der Waals surface area contributed by atoms with Crippen LogP contribution >= 0.6 is 0 Å². The molecule has 1 atom stereocenters. The first-order valence-electron chi connectivity index (χ1n) is 7.93. The van der Waals surface area contributed by atoms with Crippen LogP contribution in [0.1, 0.15) is 26.3 Å². The summed E-state index contributed by atoms with van der Waals surface area (Å²) in [5.74, 6) is -0.572. The van der Waals surface area contributed by atoms with Crippen molar-refractivity contribution in [1.29, 1.82) is 0 Å². The van der Waals surface area contributed by atoms with Gasteiger partial charge in [0.1, 0.15) is 0 Å². The first-order chi connectivity index (χ1) is 10.4. The number of rotatable bonds is 5. The van der Waals surface area contributed by atoms with Crippen LogP contribution in [-0.4, -0.2) is 43.4 Å². The molecule has 0 bridgehead atoms. The molecule has 5 heteroatoms. The average molecular weight is 426 g/mol. The van der Waals surface area contributed by atoms with Gasteiger partial charge in [0.2, 0.25) is 0 Å². The second-order valence-corrected chi connectivity index (χ2v) is 22.4. The van der Waals surface area contributed by atoms with Crippen molar-refractivity contribution in [1.82, 2.24) is 5.32 Å². The molecule has 0 aliphatic rings. The van der Waals surface area contributed by atoms with Gasteiger partial charge >= 0.3 is 144 Å². The zero-order chi connectivity index (χ0) is 17.8. The summed E-state index contributed by atoms with van der Waals surface area (Å²) in [5.41, 5.74) is 0.477. The third kappa shape index (κ3) is 6.16. The van der Waals surface area contributed by atoms with Crippen molar-refractivity contribution in [2.24, 2.45) is 5.41 Å². The minimum absolute atomic E-state index is 0.157. The number of carbonyl (C=O) groups is 2. The summed E-state index contributed by atoms with van der Waals surface area (Å²) in [6.45, 7) is 5.46. The van der Waals surface area contributed by atoms with E-state index in [2.05, 4.69) is 44.4 Å². The summed E-state index contributed by atoms with van der Waals surface area (Å²) >= 11 is -2.07. The molecule has 128 valence electrons. The maximum absolute atomic E-state index is 12.2. The van der Waals surface area contributed by atoms with E-state index in [1.165, 1.54) is 10.7 Å². The van der Waals surface area contributed by atoms with Crippen LogP contribution in [0.15, 0.2) is 24.3 Å². The molecule has 1 aromatic rings. The molecule has 0 saturated heterocycles. The fourth-order valence-corrected chi connectivity index (χ4v) is 5.42. The Morgan fingerprint density at radius 2 is 1.65 bits per heavy atom. The third-order valence-electron chi connectivity index (χ3n) is 3.73. The summed E-state index contributed by atoms with van der Waals surface area (Å²) in [4.78, 5) is 31.2. The molecule has 0 fully saturated rings. The van der Waals surface area contributed by atoms with Crippen LogP contribution in [0.25, 0.3) is 0 Å². The number of hydrogen-bond acceptors (Lipinski definition) is 3. The van der Waals surface area contributed by atoms with Crippen LogP contribution in [0, 0.1) is 5.41 Å². The molecule has 1 N–H and O–H groups in total. The standard InChI is InChI=1S/C15H20NO3.3CH3.Sn/c1-15(2,3)14(18)16-12(13(17)19-4)10-11-8-6-5-7-9-11;;;;/h6-9,12H,10H2,1-4H3,(H,16,18);3*1H3;/t12-;;;;/m0..../s1. The molecule has 0 unspecified atom stereocenters. The van der Waals surface area contributed by atoms with Crippen LogP contribution in [0.2, 0.25) is 14.8 Å². The van der Waals surface area contributed by atoms with Gasteiger partial charge in [-0.25, -0.2) is 0 Å². The van der Waals surface area contributed by atoms with E-state index in [-0.39, 0.29) is 5.91 Å². The number of carbonyl (C=O) groups excluding carboxylic acids is 2. The van der Waals surface area contributed by atoms with Gasteiger partial charge in [0.15, 0.2) is 0 Å². The second-order valence-electron chi connectivity index (χ2n) is 7.95. The molecule has 4 nitrogen and oxygen atoms in total. The number of esters is 1. The minimum atomic E-state index is -2.07. The van der Waals surface area contributed by atoms with Crippen LogP contribution in [0.4, 0.5) is 0 Å². The van der Waals surface area contributed by atoms with Crippen molar-refractivity contribution < 1.29 is 14.3 Å². The van der Waals surface area contributed by atoms with E-state index in [0.717, 1.165) is 5.56 Å². The van der Waals surface area contributed by atoms with Crippen molar-refractivity contribution in [3.05, 3.63) is 29.8 Å². The molecule has 0 heterocycles. The molecular formula is C18H29NO3Sn.